The number of hydrogen-bond donors (Lipinski definition) is 1. The van der Waals surface area contributed by atoms with Gasteiger partial charge in [-0.2, -0.15) is 0 Å². The molecule has 2 aromatic rings. The molecule has 1 atom stereocenters. The lowest BCUT2D eigenvalue weighted by Crippen LogP contribution is -2.25. The molecule has 35 heavy (non-hydrogen) atoms. The van der Waals surface area contributed by atoms with Crippen molar-refractivity contribution in [3.05, 3.63) is 12.7 Å². The minimum absolute atomic E-state index is 0.253. The number of nitrogens with zero attached hydrogens (tertiary/aromatic N) is 4. The van der Waals surface area contributed by atoms with Crippen molar-refractivity contribution in [2.45, 2.75) is 61.1 Å². The highest BCUT2D eigenvalue weighted by atomic mass is 31.2. The van der Waals surface area contributed by atoms with Crippen molar-refractivity contribution < 1.29 is 37.4 Å². The molecule has 0 fully saturated rings. The number of imidazole rings is 1. The first-order valence-electron chi connectivity index (χ1n) is 10.9. The maximum Gasteiger partial charge on any atom is 0.361 e. The summed E-state index contributed by atoms with van der Waals surface area (Å²) in [7, 11) is -3.98. The molecule has 1 unspecified atom stereocenters. The SMILES string of the molecule is CC(Cn1cnc2c(N)ncnc21)OCP(=O)(OCOC(=O)C(C)(C)C)OCOC(=O)C(C)(C)C. The Hall–Kier alpha value is -2.60. The summed E-state index contributed by atoms with van der Waals surface area (Å²) >= 11 is 0. The number of esters is 2. The summed E-state index contributed by atoms with van der Waals surface area (Å²) in [5.74, 6) is -0.847. The zero-order chi connectivity index (χ0) is 26.4. The van der Waals surface area contributed by atoms with E-state index in [4.69, 9.17) is 29.0 Å². The van der Waals surface area contributed by atoms with Crippen LogP contribution in [0, 0.1) is 10.8 Å². The van der Waals surface area contributed by atoms with Crippen LogP contribution in [0.3, 0.4) is 0 Å². The first-order valence-corrected chi connectivity index (χ1v) is 12.6. The van der Waals surface area contributed by atoms with Gasteiger partial charge in [0.05, 0.1) is 29.8 Å². The van der Waals surface area contributed by atoms with Crippen molar-refractivity contribution in [1.82, 2.24) is 19.5 Å². The molecule has 2 rings (SSSR count). The topological polar surface area (TPSA) is 167 Å². The predicted octanol–water partition coefficient (Wildman–Crippen LogP) is 3.09. The zero-order valence-corrected chi connectivity index (χ0v) is 22.0. The molecule has 0 saturated heterocycles. The molecule has 0 amide bonds. The van der Waals surface area contributed by atoms with Crippen LogP contribution in [0.15, 0.2) is 12.7 Å². The van der Waals surface area contributed by atoms with Crippen LogP contribution in [0.2, 0.25) is 0 Å². The molecule has 13 nitrogen and oxygen atoms in total. The average molecular weight is 516 g/mol. The fourth-order valence-electron chi connectivity index (χ4n) is 2.45. The Morgan fingerprint density at radius 3 is 2.06 bits per heavy atom. The summed E-state index contributed by atoms with van der Waals surface area (Å²) < 4.78 is 41.2. The van der Waals surface area contributed by atoms with Crippen LogP contribution < -0.4 is 5.73 Å². The number of nitrogen functional groups attached to an aromatic ring is 1. The van der Waals surface area contributed by atoms with E-state index in [1.54, 1.807) is 59.4 Å². The van der Waals surface area contributed by atoms with E-state index in [-0.39, 0.29) is 5.82 Å². The van der Waals surface area contributed by atoms with Gasteiger partial charge in [-0.25, -0.2) is 15.0 Å². The lowest BCUT2D eigenvalue weighted by atomic mass is 9.98. The van der Waals surface area contributed by atoms with Crippen LogP contribution in [-0.2, 0) is 44.0 Å². The lowest BCUT2D eigenvalue weighted by molar-refractivity contribution is -0.162. The summed E-state index contributed by atoms with van der Waals surface area (Å²) in [4.78, 5) is 36.2. The highest BCUT2D eigenvalue weighted by Crippen LogP contribution is 2.48. The molecule has 0 aromatic carbocycles. The summed E-state index contributed by atoms with van der Waals surface area (Å²) in [6.45, 7) is 10.8. The summed E-state index contributed by atoms with van der Waals surface area (Å²) in [6.07, 6.45) is 1.89. The van der Waals surface area contributed by atoms with Gasteiger partial charge in [0.2, 0.25) is 13.6 Å². The van der Waals surface area contributed by atoms with E-state index in [0.717, 1.165) is 0 Å². The molecule has 14 heteroatoms. The van der Waals surface area contributed by atoms with Crippen LogP contribution in [0.1, 0.15) is 48.5 Å². The smallest absolute Gasteiger partial charge is 0.361 e. The normalized spacial score (nSPS) is 13.6. The number of hydrogen-bond acceptors (Lipinski definition) is 12. The van der Waals surface area contributed by atoms with E-state index in [0.29, 0.717) is 17.7 Å². The standard InChI is InChI=1S/C21H34N5O8P/c1-14(8-26-10-25-15-16(22)23-9-24-17(15)26)32-13-35(29,33-11-30-18(27)20(2,3)4)34-12-31-19(28)21(5,6)7/h9-10,14H,8,11-13H2,1-7H3,(H2,22,23,24). The summed E-state index contributed by atoms with van der Waals surface area (Å²) in [5, 5.41) is 0. The van der Waals surface area contributed by atoms with Crippen LogP contribution in [0.25, 0.3) is 11.2 Å². The Balaban J connectivity index is 2.01. The van der Waals surface area contributed by atoms with Crippen molar-refractivity contribution in [2.24, 2.45) is 10.8 Å². The molecule has 0 aliphatic carbocycles. The molecule has 2 aromatic heterocycles. The maximum absolute atomic E-state index is 13.2. The molecule has 196 valence electrons. The number of nitrogens with two attached hydrogens (primary N) is 1. The average Bonchev–Trinajstić information content (AvgIpc) is 3.15. The number of aromatic nitrogens is 4. The van der Waals surface area contributed by atoms with Gasteiger partial charge in [0.25, 0.3) is 0 Å². The fraction of sp³-hybridized carbons (Fsp3) is 0.667. The number of carbonyl (C=O) groups excluding carboxylic acids is 2. The van der Waals surface area contributed by atoms with E-state index < -0.39 is 56.4 Å². The molecular formula is C21H34N5O8P. The minimum Gasteiger partial charge on any atom is -0.438 e. The Kier molecular flexibility index (Phi) is 9.35. The van der Waals surface area contributed by atoms with Crippen molar-refractivity contribution in [2.75, 3.05) is 25.7 Å². The van der Waals surface area contributed by atoms with Crippen molar-refractivity contribution >= 4 is 36.5 Å². The van der Waals surface area contributed by atoms with Gasteiger partial charge < -0.3 is 24.5 Å². The van der Waals surface area contributed by atoms with E-state index >= 15 is 0 Å². The number of carbonyl (C=O) groups is 2. The van der Waals surface area contributed by atoms with Crippen LogP contribution in [-0.4, -0.2) is 57.5 Å². The fourth-order valence-corrected chi connectivity index (χ4v) is 3.53. The van der Waals surface area contributed by atoms with Gasteiger partial charge in [0.15, 0.2) is 11.5 Å². The highest BCUT2D eigenvalue weighted by molar-refractivity contribution is 7.53. The van der Waals surface area contributed by atoms with Crippen molar-refractivity contribution in [3.63, 3.8) is 0 Å². The molecule has 2 N–H and O–H groups in total. The number of ether oxygens (including phenoxy) is 3. The largest absolute Gasteiger partial charge is 0.438 e. The first-order chi connectivity index (χ1) is 16.1. The van der Waals surface area contributed by atoms with Crippen molar-refractivity contribution in [3.8, 4) is 0 Å². The lowest BCUT2D eigenvalue weighted by Gasteiger charge is -2.23. The quantitative estimate of drug-likeness (QED) is 0.264. The molecule has 0 bridgehead atoms. The summed E-state index contributed by atoms with van der Waals surface area (Å²) in [5.41, 5.74) is 5.23. The Bertz CT molecular complexity index is 1040. The van der Waals surface area contributed by atoms with Crippen molar-refractivity contribution in [1.29, 1.82) is 0 Å². The van der Waals surface area contributed by atoms with E-state index in [9.17, 15) is 14.2 Å². The Morgan fingerprint density at radius 2 is 1.54 bits per heavy atom. The second kappa shape index (κ2) is 11.4. The van der Waals surface area contributed by atoms with Crippen LogP contribution in [0.4, 0.5) is 5.82 Å². The van der Waals surface area contributed by atoms with Gasteiger partial charge in [-0.15, -0.1) is 0 Å². The minimum atomic E-state index is -3.98. The van der Waals surface area contributed by atoms with Gasteiger partial charge in [0.1, 0.15) is 18.2 Å². The molecule has 2 heterocycles. The molecule has 0 aliphatic heterocycles. The Morgan fingerprint density at radius 1 is 1.00 bits per heavy atom. The number of fused-ring (bicyclic) bond motifs is 1. The molecule has 0 aliphatic rings. The van der Waals surface area contributed by atoms with E-state index in [1.807, 2.05) is 0 Å². The van der Waals surface area contributed by atoms with Crippen LogP contribution in [0.5, 0.6) is 0 Å². The third kappa shape index (κ3) is 8.53. The maximum atomic E-state index is 13.2. The van der Waals surface area contributed by atoms with E-state index in [2.05, 4.69) is 15.0 Å². The Labute approximate surface area is 204 Å². The van der Waals surface area contributed by atoms with Gasteiger partial charge in [-0.1, -0.05) is 0 Å². The monoisotopic (exact) mass is 515 g/mol. The van der Waals surface area contributed by atoms with Gasteiger partial charge in [-0.3, -0.25) is 23.2 Å². The number of anilines is 1. The first kappa shape index (κ1) is 28.6. The van der Waals surface area contributed by atoms with Gasteiger partial charge in [0, 0.05) is 0 Å². The molecule has 0 spiro atoms. The molecule has 0 saturated carbocycles. The predicted molar refractivity (Wildman–Crippen MR) is 126 cm³/mol. The highest BCUT2D eigenvalue weighted by Gasteiger charge is 2.31. The second-order valence-corrected chi connectivity index (χ2v) is 11.9. The zero-order valence-electron chi connectivity index (χ0n) is 21.1. The van der Waals surface area contributed by atoms with Gasteiger partial charge in [-0.05, 0) is 48.5 Å². The molecular weight excluding hydrogens is 481 g/mol. The number of rotatable bonds is 11. The van der Waals surface area contributed by atoms with E-state index in [1.165, 1.54) is 6.33 Å². The van der Waals surface area contributed by atoms with Gasteiger partial charge >= 0.3 is 19.5 Å². The summed E-state index contributed by atoms with van der Waals surface area (Å²) in [6, 6.07) is 0. The van der Waals surface area contributed by atoms with Crippen LogP contribution >= 0.6 is 7.60 Å². The third-order valence-corrected chi connectivity index (χ3v) is 5.97. The molecule has 0 radical (unpaired) electrons. The second-order valence-electron chi connectivity index (χ2n) is 9.90. The third-order valence-electron chi connectivity index (χ3n) is 4.50.